The number of ketones is 1. The second kappa shape index (κ2) is 9.11. The predicted octanol–water partition coefficient (Wildman–Crippen LogP) is 6.61. The van der Waals surface area contributed by atoms with Crippen molar-refractivity contribution in [1.82, 2.24) is 0 Å². The molecular formula is C27H22FNO5S. The largest absolute Gasteiger partial charge is 0.493 e. The van der Waals surface area contributed by atoms with Crippen LogP contribution in [0.4, 0.5) is 4.39 Å². The Morgan fingerprint density at radius 1 is 1.06 bits per heavy atom. The smallest absolute Gasteiger partial charge is 0.294 e. The first-order valence-corrected chi connectivity index (χ1v) is 12.0. The zero-order valence-electron chi connectivity index (χ0n) is 19.0. The van der Waals surface area contributed by atoms with Gasteiger partial charge in [0, 0.05) is 31.5 Å². The van der Waals surface area contributed by atoms with Crippen molar-refractivity contribution in [2.75, 3.05) is 13.2 Å². The number of benzene rings is 3. The minimum Gasteiger partial charge on any atom is -0.493 e. The van der Waals surface area contributed by atoms with Gasteiger partial charge >= 0.3 is 0 Å². The van der Waals surface area contributed by atoms with Crippen LogP contribution in [0.25, 0.3) is 20.5 Å². The second-order valence-electron chi connectivity index (χ2n) is 8.95. The van der Waals surface area contributed by atoms with Gasteiger partial charge in [0.2, 0.25) is 0 Å². The summed E-state index contributed by atoms with van der Waals surface area (Å²) in [4.78, 5) is 29.5. The number of carbonyl (C=O) groups is 1. The molecule has 1 aliphatic carbocycles. The molecule has 1 fully saturated rings. The molecule has 1 aromatic heterocycles. The average molecular weight is 492 g/mol. The Morgan fingerprint density at radius 3 is 2.43 bits per heavy atom. The van der Waals surface area contributed by atoms with Gasteiger partial charge in [-0.25, -0.2) is 4.39 Å². The Kier molecular flexibility index (Phi) is 5.98. The molecule has 0 unspecified atom stereocenters. The van der Waals surface area contributed by atoms with E-state index in [-0.39, 0.29) is 23.6 Å². The first-order valence-electron chi connectivity index (χ1n) is 11.2. The predicted molar refractivity (Wildman–Crippen MR) is 132 cm³/mol. The zero-order chi connectivity index (χ0) is 24.6. The van der Waals surface area contributed by atoms with Crippen molar-refractivity contribution in [3.05, 3.63) is 99.4 Å². The lowest BCUT2D eigenvalue weighted by molar-refractivity contribution is -0.760. The molecule has 1 heterocycles. The monoisotopic (exact) mass is 491 g/mol. The topological polar surface area (TPSA) is 78.7 Å². The molecule has 0 radical (unpaired) electrons. The first kappa shape index (κ1) is 23.0. The lowest BCUT2D eigenvalue weighted by Crippen LogP contribution is -2.21. The van der Waals surface area contributed by atoms with Crippen molar-refractivity contribution >= 4 is 27.2 Å². The molecule has 0 saturated heterocycles. The van der Waals surface area contributed by atoms with Gasteiger partial charge in [-0.1, -0.05) is 42.0 Å². The molecular weight excluding hydrogens is 469 g/mol. The summed E-state index contributed by atoms with van der Waals surface area (Å²) in [7, 11) is 0. The van der Waals surface area contributed by atoms with Crippen LogP contribution in [0, 0.1) is 28.3 Å². The van der Waals surface area contributed by atoms with Gasteiger partial charge in [0.1, 0.15) is 18.2 Å². The molecule has 0 N–H and O–H groups in total. The fourth-order valence-electron chi connectivity index (χ4n) is 3.98. The molecule has 35 heavy (non-hydrogen) atoms. The van der Waals surface area contributed by atoms with E-state index in [1.807, 2.05) is 43.3 Å². The van der Waals surface area contributed by atoms with Crippen molar-refractivity contribution in [3.8, 4) is 16.2 Å². The minimum atomic E-state index is -0.776. The molecule has 1 aliphatic rings. The van der Waals surface area contributed by atoms with E-state index in [4.69, 9.17) is 4.74 Å². The van der Waals surface area contributed by atoms with Gasteiger partial charge in [-0.05, 0) is 55.7 Å². The molecule has 0 spiro atoms. The number of rotatable bonds is 9. The number of halogens is 1. The maximum atomic E-state index is 13.6. The third-order valence-electron chi connectivity index (χ3n) is 6.29. The number of ether oxygens (including phenoxy) is 1. The maximum absolute atomic E-state index is 13.6. The summed E-state index contributed by atoms with van der Waals surface area (Å²) in [5.41, 5.74) is 2.66. The number of nitrogens with zero attached hydrogens (tertiary/aromatic N) is 1. The first-order chi connectivity index (χ1) is 16.8. The summed E-state index contributed by atoms with van der Waals surface area (Å²) in [6.07, 6.45) is 1.62. The molecule has 8 heteroatoms. The molecule has 1 saturated carbocycles. The molecule has 0 atom stereocenters. The summed E-state index contributed by atoms with van der Waals surface area (Å²) in [6.45, 7) is 2.30. The second-order valence-corrected chi connectivity index (χ2v) is 10.0. The average Bonchev–Trinajstić information content (AvgIpc) is 3.53. The fourth-order valence-corrected chi connectivity index (χ4v) is 5.21. The SMILES string of the molecule is Cc1ccc(C(=O)c2c(-c3ccc(F)cc3)sc3cc(OCC4(CO[N+](=O)[O-])CC4)ccc23)cc1. The van der Waals surface area contributed by atoms with Crippen LogP contribution in [0.15, 0.2) is 66.7 Å². The quantitative estimate of drug-likeness (QED) is 0.149. The number of fused-ring (bicyclic) bond motifs is 1. The summed E-state index contributed by atoms with van der Waals surface area (Å²) >= 11 is 1.45. The van der Waals surface area contributed by atoms with Gasteiger partial charge in [-0.15, -0.1) is 21.5 Å². The zero-order valence-corrected chi connectivity index (χ0v) is 19.8. The third kappa shape index (κ3) is 4.88. The van der Waals surface area contributed by atoms with Crippen LogP contribution in [0.1, 0.15) is 34.3 Å². The van der Waals surface area contributed by atoms with Crippen molar-refractivity contribution in [1.29, 1.82) is 0 Å². The Balaban J connectivity index is 1.50. The van der Waals surface area contributed by atoms with Crippen LogP contribution < -0.4 is 4.74 Å². The molecule has 6 nitrogen and oxygen atoms in total. The highest BCUT2D eigenvalue weighted by Gasteiger charge is 2.44. The van der Waals surface area contributed by atoms with E-state index < -0.39 is 5.09 Å². The van der Waals surface area contributed by atoms with Crippen LogP contribution in [0.2, 0.25) is 0 Å². The summed E-state index contributed by atoms with van der Waals surface area (Å²) in [5.74, 6) is 0.177. The summed E-state index contributed by atoms with van der Waals surface area (Å²) in [5, 5.41) is 10.6. The van der Waals surface area contributed by atoms with Gasteiger partial charge in [0.05, 0.1) is 6.61 Å². The highest BCUT2D eigenvalue weighted by molar-refractivity contribution is 7.22. The highest BCUT2D eigenvalue weighted by Crippen LogP contribution is 2.47. The van der Waals surface area contributed by atoms with E-state index >= 15 is 0 Å². The Morgan fingerprint density at radius 2 is 1.77 bits per heavy atom. The molecule has 3 aromatic carbocycles. The summed E-state index contributed by atoms with van der Waals surface area (Å²) < 4.78 is 20.4. The Bertz CT molecular complexity index is 1410. The number of aryl methyl sites for hydroxylation is 1. The molecule has 0 amide bonds. The van der Waals surface area contributed by atoms with E-state index in [0.29, 0.717) is 23.5 Å². The number of thiophene rings is 1. The van der Waals surface area contributed by atoms with Crippen molar-refractivity contribution < 1.29 is 23.8 Å². The molecule has 0 aliphatic heterocycles. The van der Waals surface area contributed by atoms with Crippen molar-refractivity contribution in [2.24, 2.45) is 5.41 Å². The van der Waals surface area contributed by atoms with Crippen LogP contribution in [-0.4, -0.2) is 24.1 Å². The maximum Gasteiger partial charge on any atom is 0.294 e. The number of carbonyl (C=O) groups excluding carboxylic acids is 1. The van der Waals surface area contributed by atoms with E-state index in [1.54, 1.807) is 18.2 Å². The normalized spacial score (nSPS) is 14.0. The Hall–Kier alpha value is -3.78. The molecule has 4 aromatic rings. The van der Waals surface area contributed by atoms with Crippen LogP contribution in [-0.2, 0) is 4.84 Å². The van der Waals surface area contributed by atoms with E-state index in [2.05, 4.69) is 4.84 Å². The standard InChI is InChI=1S/C27H22FNO5S/c1-17-2-4-18(5-3-17)25(30)24-22-11-10-21(33-15-27(12-13-27)16-34-29(31)32)14-23(22)35-26(24)19-6-8-20(28)9-7-19/h2-11,14H,12-13,15-16H2,1H3. The van der Waals surface area contributed by atoms with Gasteiger partial charge in [0.15, 0.2) is 5.78 Å². The van der Waals surface area contributed by atoms with Gasteiger partial charge in [0.25, 0.3) is 5.09 Å². The fraction of sp³-hybridized carbons (Fsp3) is 0.222. The lowest BCUT2D eigenvalue weighted by atomic mass is 9.97. The van der Waals surface area contributed by atoms with Crippen molar-refractivity contribution in [3.63, 3.8) is 0 Å². The molecule has 5 rings (SSSR count). The molecule has 0 bridgehead atoms. The van der Waals surface area contributed by atoms with Gasteiger partial charge < -0.3 is 9.57 Å². The summed E-state index contributed by atoms with van der Waals surface area (Å²) in [6, 6.07) is 19.1. The number of hydrogen-bond acceptors (Lipinski definition) is 6. The minimum absolute atomic E-state index is 0.0190. The third-order valence-corrected chi connectivity index (χ3v) is 7.49. The van der Waals surface area contributed by atoms with Crippen LogP contribution in [0.3, 0.4) is 0 Å². The van der Waals surface area contributed by atoms with Crippen molar-refractivity contribution in [2.45, 2.75) is 19.8 Å². The van der Waals surface area contributed by atoms with Gasteiger partial charge in [-0.2, -0.15) is 0 Å². The van der Waals surface area contributed by atoms with E-state index in [9.17, 15) is 19.3 Å². The highest BCUT2D eigenvalue weighted by atomic mass is 32.1. The lowest BCUT2D eigenvalue weighted by Gasteiger charge is -2.15. The van der Waals surface area contributed by atoms with Crippen LogP contribution in [0.5, 0.6) is 5.75 Å². The number of hydrogen-bond donors (Lipinski definition) is 0. The van der Waals surface area contributed by atoms with E-state index in [0.717, 1.165) is 38.9 Å². The van der Waals surface area contributed by atoms with Crippen LogP contribution >= 0.6 is 11.3 Å². The van der Waals surface area contributed by atoms with E-state index in [1.165, 1.54) is 23.5 Å². The van der Waals surface area contributed by atoms with Gasteiger partial charge in [-0.3, -0.25) is 4.79 Å². The Labute approximate surface area is 205 Å². The molecule has 178 valence electrons.